The number of unbranched alkanes of at least 4 members (excludes halogenated alkanes) is 1. The second-order valence-electron chi connectivity index (χ2n) is 6.42. The van der Waals surface area contributed by atoms with E-state index in [9.17, 15) is 5.11 Å². The van der Waals surface area contributed by atoms with Gasteiger partial charge in [0.25, 0.3) is 0 Å². The average Bonchev–Trinajstić information content (AvgIpc) is 2.37. The van der Waals surface area contributed by atoms with Crippen molar-refractivity contribution in [2.45, 2.75) is 58.3 Å². The lowest BCUT2D eigenvalue weighted by Gasteiger charge is -2.47. The molecule has 1 N–H and O–H groups in total. The first kappa shape index (κ1) is 15.3. The molecule has 3 heteroatoms. The fourth-order valence-corrected chi connectivity index (χ4v) is 3.24. The maximum Gasteiger partial charge on any atom is 0.128 e. The van der Waals surface area contributed by atoms with Gasteiger partial charge in [0.05, 0.1) is 6.04 Å². The Bertz CT molecular complexity index is 470. The van der Waals surface area contributed by atoms with Gasteiger partial charge in [-0.2, -0.15) is 0 Å². The van der Waals surface area contributed by atoms with Gasteiger partial charge in [0.1, 0.15) is 17.5 Å². The number of fused-ring (bicyclic) bond motifs is 1. The highest BCUT2D eigenvalue weighted by molar-refractivity contribution is 5.45. The summed E-state index contributed by atoms with van der Waals surface area (Å²) in [7, 11) is 2.08. The van der Waals surface area contributed by atoms with Crippen LogP contribution in [-0.2, 0) is 0 Å². The molecule has 0 saturated carbocycles. The number of para-hydroxylation sites is 1. The zero-order chi connectivity index (χ0) is 14.9. The van der Waals surface area contributed by atoms with Crippen LogP contribution in [0.25, 0.3) is 0 Å². The van der Waals surface area contributed by atoms with Crippen LogP contribution in [-0.4, -0.2) is 35.2 Å². The van der Waals surface area contributed by atoms with Gasteiger partial charge in [0, 0.05) is 5.56 Å². The minimum atomic E-state index is -0.504. The summed E-state index contributed by atoms with van der Waals surface area (Å²) in [5.74, 6) is 0.852. The lowest BCUT2D eigenvalue weighted by Crippen LogP contribution is -2.57. The van der Waals surface area contributed by atoms with Crippen LogP contribution in [0, 0.1) is 6.92 Å². The van der Waals surface area contributed by atoms with E-state index in [2.05, 4.69) is 32.7 Å². The highest BCUT2D eigenvalue weighted by Gasteiger charge is 2.45. The minimum Gasteiger partial charge on any atom is -0.485 e. The van der Waals surface area contributed by atoms with Crippen molar-refractivity contribution in [3.8, 4) is 5.75 Å². The number of ether oxygens (including phenoxy) is 1. The second kappa shape index (κ2) is 5.74. The standard InChI is InChI=1S/C17H27NO2/c1-6-7-11-18(5)16-14(19)13-10-8-9-12(2)15(13)20-17(16,3)4/h8-10,14,16,19H,6-7,11H2,1-5H3. The zero-order valence-electron chi connectivity index (χ0n) is 13.3. The smallest absolute Gasteiger partial charge is 0.128 e. The van der Waals surface area contributed by atoms with Crippen LogP contribution < -0.4 is 4.74 Å². The molecule has 3 nitrogen and oxygen atoms in total. The summed E-state index contributed by atoms with van der Waals surface area (Å²) < 4.78 is 6.23. The number of rotatable bonds is 4. The number of benzene rings is 1. The number of hydrogen-bond acceptors (Lipinski definition) is 3. The molecule has 1 aliphatic rings. The van der Waals surface area contributed by atoms with Crippen LogP contribution in [0.15, 0.2) is 18.2 Å². The van der Waals surface area contributed by atoms with Crippen LogP contribution in [0.5, 0.6) is 5.75 Å². The molecule has 20 heavy (non-hydrogen) atoms. The molecular formula is C17H27NO2. The Hall–Kier alpha value is -1.06. The number of aliphatic hydroxyl groups is 1. The molecule has 2 atom stereocenters. The summed E-state index contributed by atoms with van der Waals surface area (Å²) in [4.78, 5) is 2.24. The van der Waals surface area contributed by atoms with Gasteiger partial charge in [-0.1, -0.05) is 31.5 Å². The van der Waals surface area contributed by atoms with Gasteiger partial charge >= 0.3 is 0 Å². The number of aliphatic hydroxyl groups excluding tert-OH is 1. The molecule has 2 rings (SSSR count). The SMILES string of the molecule is CCCCN(C)C1C(O)c2cccc(C)c2OC1(C)C. The summed E-state index contributed by atoms with van der Waals surface area (Å²) in [6.45, 7) is 9.33. The Kier molecular flexibility index (Phi) is 4.40. The molecule has 0 amide bonds. The first-order valence-electron chi connectivity index (χ1n) is 7.55. The van der Waals surface area contributed by atoms with Crippen molar-refractivity contribution in [3.05, 3.63) is 29.3 Å². The third kappa shape index (κ3) is 2.70. The highest BCUT2D eigenvalue weighted by atomic mass is 16.5. The van der Waals surface area contributed by atoms with Crippen molar-refractivity contribution < 1.29 is 9.84 Å². The van der Waals surface area contributed by atoms with E-state index in [-0.39, 0.29) is 6.04 Å². The van der Waals surface area contributed by atoms with Gasteiger partial charge in [-0.05, 0) is 46.3 Å². The van der Waals surface area contributed by atoms with E-state index in [0.29, 0.717) is 0 Å². The van der Waals surface area contributed by atoms with Crippen molar-refractivity contribution in [2.75, 3.05) is 13.6 Å². The van der Waals surface area contributed by atoms with Gasteiger partial charge < -0.3 is 9.84 Å². The highest BCUT2D eigenvalue weighted by Crippen LogP contribution is 2.43. The van der Waals surface area contributed by atoms with E-state index in [0.717, 1.165) is 36.3 Å². The van der Waals surface area contributed by atoms with E-state index in [1.54, 1.807) is 0 Å². The Morgan fingerprint density at radius 1 is 1.35 bits per heavy atom. The fraction of sp³-hybridized carbons (Fsp3) is 0.647. The van der Waals surface area contributed by atoms with Gasteiger partial charge in [0.2, 0.25) is 0 Å². The van der Waals surface area contributed by atoms with Crippen LogP contribution in [0.3, 0.4) is 0 Å². The third-order valence-corrected chi connectivity index (χ3v) is 4.28. The Balaban J connectivity index is 2.34. The van der Waals surface area contributed by atoms with Crippen molar-refractivity contribution in [1.29, 1.82) is 0 Å². The van der Waals surface area contributed by atoms with E-state index < -0.39 is 11.7 Å². The summed E-state index contributed by atoms with van der Waals surface area (Å²) in [5.41, 5.74) is 1.60. The molecule has 0 aromatic heterocycles. The Morgan fingerprint density at radius 2 is 2.05 bits per heavy atom. The number of nitrogens with zero attached hydrogens (tertiary/aromatic N) is 1. The van der Waals surface area contributed by atoms with E-state index >= 15 is 0 Å². The van der Waals surface area contributed by atoms with E-state index in [1.807, 2.05) is 25.1 Å². The summed E-state index contributed by atoms with van der Waals surface area (Å²) in [6.07, 6.45) is 1.79. The number of hydrogen-bond donors (Lipinski definition) is 1. The molecule has 0 radical (unpaired) electrons. The van der Waals surface area contributed by atoms with Crippen molar-refractivity contribution >= 4 is 0 Å². The molecule has 112 valence electrons. The van der Waals surface area contributed by atoms with Gasteiger partial charge in [-0.25, -0.2) is 0 Å². The normalized spacial score (nSPS) is 24.4. The molecule has 0 aliphatic carbocycles. The van der Waals surface area contributed by atoms with Crippen LogP contribution >= 0.6 is 0 Å². The molecule has 1 heterocycles. The first-order chi connectivity index (χ1) is 9.38. The third-order valence-electron chi connectivity index (χ3n) is 4.28. The molecule has 0 fully saturated rings. The molecular weight excluding hydrogens is 250 g/mol. The van der Waals surface area contributed by atoms with Crippen LogP contribution in [0.1, 0.15) is 50.8 Å². The molecule has 0 saturated heterocycles. The van der Waals surface area contributed by atoms with Crippen LogP contribution in [0.4, 0.5) is 0 Å². The second-order valence-corrected chi connectivity index (χ2v) is 6.42. The van der Waals surface area contributed by atoms with E-state index in [1.165, 1.54) is 0 Å². The predicted molar refractivity (Wildman–Crippen MR) is 82.2 cm³/mol. The molecule has 2 unspecified atom stereocenters. The monoisotopic (exact) mass is 277 g/mol. The maximum absolute atomic E-state index is 10.8. The van der Waals surface area contributed by atoms with E-state index in [4.69, 9.17) is 4.74 Å². The summed E-state index contributed by atoms with van der Waals surface area (Å²) >= 11 is 0. The lowest BCUT2D eigenvalue weighted by molar-refractivity contribution is -0.0753. The van der Waals surface area contributed by atoms with Crippen molar-refractivity contribution in [3.63, 3.8) is 0 Å². The minimum absolute atomic E-state index is 0.0247. The largest absolute Gasteiger partial charge is 0.485 e. The molecule has 1 aliphatic heterocycles. The number of aryl methyl sites for hydroxylation is 1. The fourth-order valence-electron chi connectivity index (χ4n) is 3.24. The average molecular weight is 277 g/mol. The molecule has 1 aromatic carbocycles. The molecule has 0 bridgehead atoms. The Labute approximate surface area is 122 Å². The number of likely N-dealkylation sites (N-methyl/N-ethyl adjacent to an activating group) is 1. The Morgan fingerprint density at radius 3 is 2.70 bits per heavy atom. The van der Waals surface area contributed by atoms with Crippen molar-refractivity contribution in [2.24, 2.45) is 0 Å². The molecule has 0 spiro atoms. The predicted octanol–water partition coefficient (Wildman–Crippen LogP) is 3.30. The van der Waals surface area contributed by atoms with Gasteiger partial charge in [0.15, 0.2) is 0 Å². The molecule has 1 aromatic rings. The van der Waals surface area contributed by atoms with Crippen LogP contribution in [0.2, 0.25) is 0 Å². The topological polar surface area (TPSA) is 32.7 Å². The maximum atomic E-state index is 10.8. The first-order valence-corrected chi connectivity index (χ1v) is 7.55. The van der Waals surface area contributed by atoms with Gasteiger partial charge in [-0.15, -0.1) is 0 Å². The quantitative estimate of drug-likeness (QED) is 0.916. The van der Waals surface area contributed by atoms with Crippen molar-refractivity contribution in [1.82, 2.24) is 4.90 Å². The van der Waals surface area contributed by atoms with Gasteiger partial charge in [-0.3, -0.25) is 4.90 Å². The zero-order valence-corrected chi connectivity index (χ0v) is 13.3. The lowest BCUT2D eigenvalue weighted by atomic mass is 9.84. The summed E-state index contributed by atoms with van der Waals surface area (Å²) in [5, 5.41) is 10.8. The summed E-state index contributed by atoms with van der Waals surface area (Å²) in [6, 6.07) is 5.97.